The molecular weight excluding hydrogens is 378 g/mol. The first-order valence-corrected chi connectivity index (χ1v) is 8.65. The van der Waals surface area contributed by atoms with E-state index in [0.717, 1.165) is 9.37 Å². The van der Waals surface area contributed by atoms with Crippen LogP contribution in [0.5, 0.6) is 0 Å². The van der Waals surface area contributed by atoms with Gasteiger partial charge in [0.25, 0.3) is 5.91 Å². The van der Waals surface area contributed by atoms with Crippen molar-refractivity contribution in [2.45, 2.75) is 17.1 Å². The lowest BCUT2D eigenvalue weighted by atomic mass is 10.3. The molecule has 6 heteroatoms. The molecule has 2 aromatic carbocycles. The van der Waals surface area contributed by atoms with E-state index in [1.54, 1.807) is 19.1 Å². The van der Waals surface area contributed by atoms with Gasteiger partial charge in [-0.3, -0.25) is 9.59 Å². The van der Waals surface area contributed by atoms with Crippen molar-refractivity contribution in [3.63, 3.8) is 0 Å². The van der Waals surface area contributed by atoms with E-state index >= 15 is 0 Å². The van der Waals surface area contributed by atoms with Crippen molar-refractivity contribution in [2.24, 2.45) is 0 Å². The molecule has 0 unspecified atom stereocenters. The Hall–Kier alpha value is -1.79. The molecule has 0 saturated carbocycles. The van der Waals surface area contributed by atoms with Gasteiger partial charge in [0.2, 0.25) is 0 Å². The van der Waals surface area contributed by atoms with Gasteiger partial charge < -0.3 is 10.1 Å². The van der Waals surface area contributed by atoms with Gasteiger partial charge in [0.15, 0.2) is 6.61 Å². The summed E-state index contributed by atoms with van der Waals surface area (Å²) in [6, 6.07) is 16.7. The number of amides is 1. The highest BCUT2D eigenvalue weighted by Crippen LogP contribution is 2.23. The molecule has 2 aromatic rings. The van der Waals surface area contributed by atoms with Crippen molar-refractivity contribution < 1.29 is 14.3 Å². The van der Waals surface area contributed by atoms with Gasteiger partial charge in [-0.05, 0) is 43.3 Å². The van der Waals surface area contributed by atoms with Crippen LogP contribution in [0.15, 0.2) is 64.0 Å². The van der Waals surface area contributed by atoms with Crippen LogP contribution >= 0.6 is 27.7 Å². The Labute approximate surface area is 147 Å². The summed E-state index contributed by atoms with van der Waals surface area (Å²) in [7, 11) is 0. The number of benzene rings is 2. The molecule has 4 nitrogen and oxygen atoms in total. The Morgan fingerprint density at radius 1 is 1.13 bits per heavy atom. The summed E-state index contributed by atoms with van der Waals surface area (Å²) in [6.45, 7) is 1.46. The second-order valence-corrected chi connectivity index (χ2v) is 7.07. The summed E-state index contributed by atoms with van der Waals surface area (Å²) in [5.41, 5.74) is 0.654. The maximum atomic E-state index is 11.9. The zero-order chi connectivity index (χ0) is 16.7. The number of nitrogens with one attached hydrogen (secondary N) is 1. The maximum Gasteiger partial charge on any atom is 0.319 e. The predicted octanol–water partition coefficient (Wildman–Crippen LogP) is 4.11. The van der Waals surface area contributed by atoms with Gasteiger partial charge in [-0.15, -0.1) is 11.8 Å². The lowest BCUT2D eigenvalue weighted by Crippen LogP contribution is -2.24. The van der Waals surface area contributed by atoms with Crippen LogP contribution in [-0.2, 0) is 14.3 Å². The van der Waals surface area contributed by atoms with Gasteiger partial charge >= 0.3 is 5.97 Å². The molecule has 0 aliphatic rings. The fourth-order valence-electron chi connectivity index (χ4n) is 1.74. The number of hydrogen-bond acceptors (Lipinski definition) is 4. The van der Waals surface area contributed by atoms with Gasteiger partial charge in [0.05, 0.1) is 0 Å². The average Bonchev–Trinajstić information content (AvgIpc) is 2.55. The van der Waals surface area contributed by atoms with E-state index in [0.29, 0.717) is 5.69 Å². The minimum atomic E-state index is -0.412. The number of halogens is 1. The SMILES string of the molecule is C[C@@H](Sc1ccccc1)C(=O)OCC(=O)Nc1ccc(Br)cc1. The zero-order valence-corrected chi connectivity index (χ0v) is 14.9. The van der Waals surface area contributed by atoms with Gasteiger partial charge in [0.1, 0.15) is 5.25 Å². The van der Waals surface area contributed by atoms with Crippen LogP contribution in [0.25, 0.3) is 0 Å². The molecule has 0 spiro atoms. The molecule has 1 atom stereocenters. The Balaban J connectivity index is 1.76. The molecule has 0 aliphatic carbocycles. The van der Waals surface area contributed by atoms with Crippen molar-refractivity contribution >= 4 is 45.3 Å². The van der Waals surface area contributed by atoms with E-state index in [2.05, 4.69) is 21.2 Å². The molecule has 1 N–H and O–H groups in total. The minimum Gasteiger partial charge on any atom is -0.455 e. The van der Waals surface area contributed by atoms with Crippen LogP contribution in [-0.4, -0.2) is 23.7 Å². The summed E-state index contributed by atoms with van der Waals surface area (Å²) < 4.78 is 5.98. The van der Waals surface area contributed by atoms with Crippen LogP contribution < -0.4 is 5.32 Å². The fourth-order valence-corrected chi connectivity index (χ4v) is 2.89. The van der Waals surface area contributed by atoms with E-state index in [-0.39, 0.29) is 17.8 Å². The molecule has 0 aliphatic heterocycles. The monoisotopic (exact) mass is 393 g/mol. The Kier molecular flexibility index (Phi) is 6.67. The number of ether oxygens (including phenoxy) is 1. The predicted molar refractivity (Wildman–Crippen MR) is 95.5 cm³/mol. The first-order chi connectivity index (χ1) is 11.0. The van der Waals surface area contributed by atoms with Crippen LogP contribution in [0.2, 0.25) is 0 Å². The molecule has 0 radical (unpaired) electrons. The average molecular weight is 394 g/mol. The first kappa shape index (κ1) is 17.6. The highest BCUT2D eigenvalue weighted by atomic mass is 79.9. The first-order valence-electron chi connectivity index (χ1n) is 6.98. The second-order valence-electron chi connectivity index (χ2n) is 4.74. The molecule has 0 heterocycles. The number of thioether (sulfide) groups is 1. The summed E-state index contributed by atoms with van der Waals surface area (Å²) in [5, 5.41) is 2.29. The fraction of sp³-hybridized carbons (Fsp3) is 0.176. The number of rotatable bonds is 6. The third-order valence-electron chi connectivity index (χ3n) is 2.86. The van der Waals surface area contributed by atoms with Crippen LogP contribution in [0.3, 0.4) is 0 Å². The molecule has 23 heavy (non-hydrogen) atoms. The highest BCUT2D eigenvalue weighted by Gasteiger charge is 2.17. The normalized spacial score (nSPS) is 11.6. The largest absolute Gasteiger partial charge is 0.455 e. The number of esters is 1. The Morgan fingerprint density at radius 2 is 1.78 bits per heavy atom. The number of hydrogen-bond donors (Lipinski definition) is 1. The molecule has 0 saturated heterocycles. The Bertz CT molecular complexity index is 661. The summed E-state index contributed by atoms with van der Waals surface area (Å²) >= 11 is 4.72. The number of anilines is 1. The lowest BCUT2D eigenvalue weighted by molar-refractivity contribution is -0.146. The lowest BCUT2D eigenvalue weighted by Gasteiger charge is -2.11. The van der Waals surface area contributed by atoms with Crippen molar-refractivity contribution in [1.82, 2.24) is 0 Å². The van der Waals surface area contributed by atoms with Crippen LogP contribution in [0, 0.1) is 0 Å². The standard InChI is InChI=1S/C17H16BrNO3S/c1-12(23-15-5-3-2-4-6-15)17(21)22-11-16(20)19-14-9-7-13(18)8-10-14/h2-10,12H,11H2,1H3,(H,19,20)/t12-/m1/s1. The van der Waals surface area contributed by atoms with Crippen molar-refractivity contribution in [3.05, 3.63) is 59.1 Å². The van der Waals surface area contributed by atoms with Gasteiger partial charge in [-0.1, -0.05) is 34.1 Å². The van der Waals surface area contributed by atoms with E-state index in [9.17, 15) is 9.59 Å². The van der Waals surface area contributed by atoms with E-state index in [1.165, 1.54) is 11.8 Å². The molecule has 0 bridgehead atoms. The van der Waals surface area contributed by atoms with E-state index in [4.69, 9.17) is 4.74 Å². The molecule has 2 rings (SSSR count). The second kappa shape index (κ2) is 8.74. The maximum absolute atomic E-state index is 11.9. The van der Waals surface area contributed by atoms with E-state index < -0.39 is 5.97 Å². The van der Waals surface area contributed by atoms with Gasteiger partial charge in [0, 0.05) is 15.1 Å². The topological polar surface area (TPSA) is 55.4 Å². The third-order valence-corrected chi connectivity index (χ3v) is 4.48. The van der Waals surface area contributed by atoms with Crippen molar-refractivity contribution in [1.29, 1.82) is 0 Å². The molecule has 1 amide bonds. The van der Waals surface area contributed by atoms with Gasteiger partial charge in [-0.2, -0.15) is 0 Å². The summed E-state index contributed by atoms with van der Waals surface area (Å²) in [6.07, 6.45) is 0. The third kappa shape index (κ3) is 6.08. The number of carbonyl (C=O) groups excluding carboxylic acids is 2. The molecule has 0 aromatic heterocycles. The van der Waals surface area contributed by atoms with Crippen LogP contribution in [0.1, 0.15) is 6.92 Å². The Morgan fingerprint density at radius 3 is 2.43 bits per heavy atom. The summed E-state index contributed by atoms with van der Waals surface area (Å²) in [5.74, 6) is -0.776. The molecule has 0 fully saturated rings. The summed E-state index contributed by atoms with van der Waals surface area (Å²) in [4.78, 5) is 24.7. The molecular formula is C17H16BrNO3S. The van der Waals surface area contributed by atoms with Crippen LogP contribution in [0.4, 0.5) is 5.69 Å². The highest BCUT2D eigenvalue weighted by molar-refractivity contribution is 9.10. The smallest absolute Gasteiger partial charge is 0.319 e. The zero-order valence-electron chi connectivity index (χ0n) is 12.5. The quantitative estimate of drug-likeness (QED) is 0.592. The van der Waals surface area contributed by atoms with E-state index in [1.807, 2.05) is 42.5 Å². The van der Waals surface area contributed by atoms with Crippen molar-refractivity contribution in [3.8, 4) is 0 Å². The van der Waals surface area contributed by atoms with Crippen molar-refractivity contribution in [2.75, 3.05) is 11.9 Å². The minimum absolute atomic E-state index is 0.297. The van der Waals surface area contributed by atoms with Gasteiger partial charge in [-0.25, -0.2) is 0 Å². The molecule has 120 valence electrons. The number of carbonyl (C=O) groups is 2.